The topological polar surface area (TPSA) is 47.0 Å². The van der Waals surface area contributed by atoms with Crippen molar-refractivity contribution in [3.05, 3.63) is 24.3 Å². The largest absolute Gasteiger partial charge is 0.477 e. The van der Waals surface area contributed by atoms with Crippen LogP contribution in [0.5, 0.6) is 5.88 Å². The van der Waals surface area contributed by atoms with Crippen molar-refractivity contribution >= 4 is 16.9 Å². The first-order chi connectivity index (χ1) is 10.3. The Morgan fingerprint density at radius 1 is 1.00 bits per heavy atom. The molecule has 114 valence electrons. The van der Waals surface area contributed by atoms with E-state index in [-0.39, 0.29) is 0 Å². The van der Waals surface area contributed by atoms with Gasteiger partial charge in [0.15, 0.2) is 0 Å². The van der Waals surface area contributed by atoms with Crippen molar-refractivity contribution in [3.8, 4) is 5.88 Å². The molecule has 4 nitrogen and oxygen atoms in total. The molecule has 0 saturated carbocycles. The van der Waals surface area contributed by atoms with Crippen LogP contribution < -0.4 is 10.1 Å². The van der Waals surface area contributed by atoms with Gasteiger partial charge in [-0.05, 0) is 18.6 Å². The monoisotopic (exact) mass is 287 g/mol. The average molecular weight is 287 g/mol. The quantitative estimate of drug-likeness (QED) is 0.694. The van der Waals surface area contributed by atoms with Gasteiger partial charge in [0.25, 0.3) is 0 Å². The van der Waals surface area contributed by atoms with Crippen LogP contribution in [0, 0.1) is 0 Å². The summed E-state index contributed by atoms with van der Waals surface area (Å²) in [5.41, 5.74) is 0.912. The Hall–Kier alpha value is -1.84. The minimum Gasteiger partial charge on any atom is -0.477 e. The van der Waals surface area contributed by atoms with Crippen molar-refractivity contribution in [1.82, 2.24) is 9.97 Å². The molecule has 0 amide bonds. The number of anilines is 1. The van der Waals surface area contributed by atoms with Crippen LogP contribution in [0.15, 0.2) is 24.3 Å². The highest BCUT2D eigenvalue weighted by molar-refractivity contribution is 5.84. The van der Waals surface area contributed by atoms with Gasteiger partial charge in [-0.15, -0.1) is 0 Å². The van der Waals surface area contributed by atoms with Gasteiger partial charge in [0, 0.05) is 7.05 Å². The molecule has 1 aromatic carbocycles. The second-order valence-electron chi connectivity index (χ2n) is 5.24. The lowest BCUT2D eigenvalue weighted by atomic mass is 10.1. The van der Waals surface area contributed by atoms with Crippen molar-refractivity contribution in [2.24, 2.45) is 0 Å². The summed E-state index contributed by atoms with van der Waals surface area (Å²) in [4.78, 5) is 8.85. The highest BCUT2D eigenvalue weighted by Gasteiger charge is 2.07. The molecular weight excluding hydrogens is 262 g/mol. The van der Waals surface area contributed by atoms with Gasteiger partial charge < -0.3 is 10.1 Å². The van der Waals surface area contributed by atoms with Crippen LogP contribution in [0.1, 0.15) is 45.4 Å². The first-order valence-electron chi connectivity index (χ1n) is 7.92. The van der Waals surface area contributed by atoms with Crippen LogP contribution in [-0.2, 0) is 0 Å². The first kappa shape index (κ1) is 15.5. The third kappa shape index (κ3) is 4.59. The normalized spacial score (nSPS) is 10.8. The Morgan fingerprint density at radius 3 is 2.57 bits per heavy atom. The van der Waals surface area contributed by atoms with Gasteiger partial charge in [-0.3, -0.25) is 0 Å². The highest BCUT2D eigenvalue weighted by atomic mass is 16.5. The second kappa shape index (κ2) is 8.45. The van der Waals surface area contributed by atoms with Gasteiger partial charge in [0.1, 0.15) is 0 Å². The molecule has 0 aliphatic carbocycles. The third-order valence-electron chi connectivity index (χ3n) is 3.53. The molecule has 1 aromatic heterocycles. The summed E-state index contributed by atoms with van der Waals surface area (Å²) < 4.78 is 5.88. The summed E-state index contributed by atoms with van der Waals surface area (Å²) in [5.74, 6) is 1.28. The van der Waals surface area contributed by atoms with E-state index >= 15 is 0 Å². The molecule has 0 aliphatic heterocycles. The molecule has 0 fully saturated rings. The third-order valence-corrected chi connectivity index (χ3v) is 3.53. The number of aromatic nitrogens is 2. The minimum absolute atomic E-state index is 0.603. The van der Waals surface area contributed by atoms with E-state index in [1.807, 2.05) is 31.3 Å². The molecule has 1 N–H and O–H groups in total. The van der Waals surface area contributed by atoms with Crippen LogP contribution in [0.4, 0.5) is 5.95 Å². The van der Waals surface area contributed by atoms with Crippen molar-refractivity contribution in [2.45, 2.75) is 45.4 Å². The molecule has 1 heterocycles. The average Bonchev–Trinajstić information content (AvgIpc) is 2.53. The van der Waals surface area contributed by atoms with Crippen LogP contribution in [0.2, 0.25) is 0 Å². The van der Waals surface area contributed by atoms with Crippen LogP contribution in [0.25, 0.3) is 10.9 Å². The maximum atomic E-state index is 5.88. The van der Waals surface area contributed by atoms with Crippen molar-refractivity contribution in [2.75, 3.05) is 19.0 Å². The SMILES string of the molecule is CCCCCCCCOc1nc(NC)nc2ccccc12. The maximum absolute atomic E-state index is 5.88. The zero-order valence-corrected chi connectivity index (χ0v) is 13.1. The van der Waals surface area contributed by atoms with E-state index in [1.54, 1.807) is 0 Å². The van der Waals surface area contributed by atoms with E-state index in [0.717, 1.165) is 23.9 Å². The van der Waals surface area contributed by atoms with E-state index in [2.05, 4.69) is 22.2 Å². The van der Waals surface area contributed by atoms with E-state index in [9.17, 15) is 0 Å². The number of unbranched alkanes of at least 4 members (excludes halogenated alkanes) is 5. The molecule has 21 heavy (non-hydrogen) atoms. The molecule has 0 aliphatic rings. The molecule has 2 rings (SSSR count). The fourth-order valence-electron chi connectivity index (χ4n) is 2.32. The smallest absolute Gasteiger partial charge is 0.226 e. The number of nitrogens with one attached hydrogen (secondary N) is 1. The minimum atomic E-state index is 0.603. The zero-order chi connectivity index (χ0) is 14.9. The Labute approximate surface area is 127 Å². The van der Waals surface area contributed by atoms with Gasteiger partial charge in [0.2, 0.25) is 11.8 Å². The van der Waals surface area contributed by atoms with Gasteiger partial charge in [-0.2, -0.15) is 4.98 Å². The Morgan fingerprint density at radius 2 is 1.76 bits per heavy atom. The highest BCUT2D eigenvalue weighted by Crippen LogP contribution is 2.23. The Kier molecular flexibility index (Phi) is 6.25. The van der Waals surface area contributed by atoms with E-state index < -0.39 is 0 Å². The predicted molar refractivity (Wildman–Crippen MR) is 88.0 cm³/mol. The molecule has 0 atom stereocenters. The van der Waals surface area contributed by atoms with Gasteiger partial charge >= 0.3 is 0 Å². The number of benzene rings is 1. The summed E-state index contributed by atoms with van der Waals surface area (Å²) >= 11 is 0. The number of hydrogen-bond donors (Lipinski definition) is 1. The fraction of sp³-hybridized carbons (Fsp3) is 0.529. The number of nitrogens with zero attached hydrogens (tertiary/aromatic N) is 2. The number of rotatable bonds is 9. The van der Waals surface area contributed by atoms with Crippen LogP contribution in [0.3, 0.4) is 0 Å². The Balaban J connectivity index is 1.91. The van der Waals surface area contributed by atoms with Crippen molar-refractivity contribution < 1.29 is 4.74 Å². The molecule has 4 heteroatoms. The molecule has 0 radical (unpaired) electrons. The van der Waals surface area contributed by atoms with Crippen LogP contribution >= 0.6 is 0 Å². The summed E-state index contributed by atoms with van der Waals surface area (Å²) in [5, 5.41) is 3.96. The summed E-state index contributed by atoms with van der Waals surface area (Å²) in [6.07, 6.45) is 7.55. The standard InChI is InChI=1S/C17H25N3O/c1-3-4-5-6-7-10-13-21-16-14-11-8-9-12-15(14)19-17(18-2)20-16/h8-9,11-12H,3-7,10,13H2,1-2H3,(H,18,19,20). The van der Waals surface area contributed by atoms with Crippen molar-refractivity contribution in [1.29, 1.82) is 0 Å². The lowest BCUT2D eigenvalue weighted by Gasteiger charge is -2.09. The van der Waals surface area contributed by atoms with Gasteiger partial charge in [-0.25, -0.2) is 4.98 Å². The molecule has 0 spiro atoms. The number of para-hydroxylation sites is 1. The molecule has 0 bridgehead atoms. The lowest BCUT2D eigenvalue weighted by Crippen LogP contribution is -2.03. The van der Waals surface area contributed by atoms with E-state index in [1.165, 1.54) is 32.1 Å². The summed E-state index contributed by atoms with van der Waals surface area (Å²) in [6.45, 7) is 2.96. The molecular formula is C17H25N3O. The second-order valence-corrected chi connectivity index (χ2v) is 5.24. The van der Waals surface area contributed by atoms with Crippen LogP contribution in [-0.4, -0.2) is 23.6 Å². The lowest BCUT2D eigenvalue weighted by molar-refractivity contribution is 0.297. The van der Waals surface area contributed by atoms with Crippen molar-refractivity contribution in [3.63, 3.8) is 0 Å². The van der Waals surface area contributed by atoms with Gasteiger partial charge in [0.05, 0.1) is 17.5 Å². The zero-order valence-electron chi connectivity index (χ0n) is 13.1. The fourth-order valence-corrected chi connectivity index (χ4v) is 2.32. The summed E-state index contributed by atoms with van der Waals surface area (Å²) in [6, 6.07) is 7.95. The first-order valence-corrected chi connectivity index (χ1v) is 7.92. The molecule has 2 aromatic rings. The molecule has 0 unspecified atom stereocenters. The van der Waals surface area contributed by atoms with E-state index in [0.29, 0.717) is 11.8 Å². The number of fused-ring (bicyclic) bond motifs is 1. The number of ether oxygens (including phenoxy) is 1. The predicted octanol–water partition coefficient (Wildman–Crippen LogP) is 4.41. The maximum Gasteiger partial charge on any atom is 0.226 e. The number of hydrogen-bond acceptors (Lipinski definition) is 4. The molecule has 0 saturated heterocycles. The van der Waals surface area contributed by atoms with E-state index in [4.69, 9.17) is 4.74 Å². The van der Waals surface area contributed by atoms with Gasteiger partial charge in [-0.1, -0.05) is 51.2 Å². The Bertz CT molecular complexity index is 557. The summed E-state index contributed by atoms with van der Waals surface area (Å²) in [7, 11) is 1.82.